The monoisotopic (exact) mass is 226 g/mol. The first kappa shape index (κ1) is 9.42. The molecular formula is C14H14N2O. The Morgan fingerprint density at radius 1 is 1.12 bits per heavy atom. The van der Waals surface area contributed by atoms with E-state index in [2.05, 4.69) is 40.5 Å². The van der Waals surface area contributed by atoms with E-state index in [4.69, 9.17) is 4.74 Å². The number of nitrogens with one attached hydrogen (secondary N) is 1. The first-order valence-electron chi connectivity index (χ1n) is 6.17. The molecule has 1 aliphatic heterocycles. The number of benzene rings is 1. The maximum Gasteiger partial charge on any atom is 0.130 e. The summed E-state index contributed by atoms with van der Waals surface area (Å²) in [5.74, 6) is 0.703. The molecule has 2 unspecified atom stereocenters. The minimum Gasteiger partial charge on any atom is -0.358 e. The zero-order chi connectivity index (χ0) is 11.2. The maximum atomic E-state index is 5.73. The van der Waals surface area contributed by atoms with Gasteiger partial charge in [0.2, 0.25) is 0 Å². The van der Waals surface area contributed by atoms with Gasteiger partial charge in [-0.25, -0.2) is 0 Å². The standard InChI is InChI=1S/C14H14N2O/c1-2-4-10(5-3-1)13-14(17-13)12-8-11(15-16-12)9-6-7-9/h1-5,8-9,13-14H,6-7H2,(H,15,16). The summed E-state index contributed by atoms with van der Waals surface area (Å²) in [6.45, 7) is 0. The predicted molar refractivity (Wildman–Crippen MR) is 63.6 cm³/mol. The summed E-state index contributed by atoms with van der Waals surface area (Å²) in [5, 5.41) is 7.48. The Balaban J connectivity index is 1.53. The van der Waals surface area contributed by atoms with Crippen LogP contribution in [0.15, 0.2) is 36.4 Å². The molecule has 1 aromatic carbocycles. The van der Waals surface area contributed by atoms with E-state index >= 15 is 0 Å². The van der Waals surface area contributed by atoms with Gasteiger partial charge in [-0.2, -0.15) is 5.10 Å². The van der Waals surface area contributed by atoms with E-state index < -0.39 is 0 Å². The van der Waals surface area contributed by atoms with Gasteiger partial charge in [-0.3, -0.25) is 5.10 Å². The number of ether oxygens (including phenoxy) is 1. The van der Waals surface area contributed by atoms with Gasteiger partial charge in [-0.15, -0.1) is 0 Å². The van der Waals surface area contributed by atoms with E-state index in [1.807, 2.05) is 6.07 Å². The fraction of sp³-hybridized carbons (Fsp3) is 0.357. The number of epoxide rings is 1. The van der Waals surface area contributed by atoms with E-state index in [9.17, 15) is 0 Å². The van der Waals surface area contributed by atoms with Crippen LogP contribution in [0.3, 0.4) is 0 Å². The van der Waals surface area contributed by atoms with Crippen molar-refractivity contribution in [2.45, 2.75) is 31.0 Å². The second kappa shape index (κ2) is 3.44. The van der Waals surface area contributed by atoms with Crippen molar-refractivity contribution in [2.24, 2.45) is 0 Å². The molecule has 2 aromatic rings. The quantitative estimate of drug-likeness (QED) is 0.817. The summed E-state index contributed by atoms with van der Waals surface area (Å²) in [7, 11) is 0. The molecule has 2 heterocycles. The van der Waals surface area contributed by atoms with E-state index in [1.54, 1.807) is 0 Å². The van der Waals surface area contributed by atoms with Crippen molar-refractivity contribution in [3.05, 3.63) is 53.3 Å². The number of nitrogens with zero attached hydrogens (tertiary/aromatic N) is 1. The first-order valence-corrected chi connectivity index (χ1v) is 6.17. The normalized spacial score (nSPS) is 27.1. The van der Waals surface area contributed by atoms with Crippen molar-refractivity contribution in [3.63, 3.8) is 0 Å². The van der Waals surface area contributed by atoms with Crippen LogP contribution in [0.5, 0.6) is 0 Å². The average molecular weight is 226 g/mol. The van der Waals surface area contributed by atoms with Crippen LogP contribution in [-0.2, 0) is 4.74 Å². The van der Waals surface area contributed by atoms with Crippen LogP contribution in [0.2, 0.25) is 0 Å². The molecule has 17 heavy (non-hydrogen) atoms. The molecule has 1 aliphatic carbocycles. The van der Waals surface area contributed by atoms with Gasteiger partial charge >= 0.3 is 0 Å². The van der Waals surface area contributed by atoms with Gasteiger partial charge in [-0.05, 0) is 24.5 Å². The van der Waals surface area contributed by atoms with Crippen LogP contribution >= 0.6 is 0 Å². The van der Waals surface area contributed by atoms with Gasteiger partial charge in [0.15, 0.2) is 0 Å². The van der Waals surface area contributed by atoms with Crippen molar-refractivity contribution in [2.75, 3.05) is 0 Å². The Morgan fingerprint density at radius 3 is 2.71 bits per heavy atom. The van der Waals surface area contributed by atoms with E-state index in [0.717, 1.165) is 5.69 Å². The smallest absolute Gasteiger partial charge is 0.130 e. The lowest BCUT2D eigenvalue weighted by Crippen LogP contribution is -1.84. The van der Waals surface area contributed by atoms with Gasteiger partial charge < -0.3 is 4.74 Å². The highest BCUT2D eigenvalue weighted by Gasteiger charge is 2.43. The summed E-state index contributed by atoms with van der Waals surface area (Å²) in [4.78, 5) is 0. The third-order valence-electron chi connectivity index (χ3n) is 3.54. The Kier molecular flexibility index (Phi) is 1.91. The van der Waals surface area contributed by atoms with Gasteiger partial charge in [0.05, 0.1) is 11.4 Å². The molecule has 2 fully saturated rings. The molecule has 0 bridgehead atoms. The summed E-state index contributed by atoms with van der Waals surface area (Å²) in [6, 6.07) is 12.5. The zero-order valence-electron chi connectivity index (χ0n) is 9.47. The molecule has 4 rings (SSSR count). The second-order valence-corrected chi connectivity index (χ2v) is 4.91. The Morgan fingerprint density at radius 2 is 1.94 bits per heavy atom. The lowest BCUT2D eigenvalue weighted by atomic mass is 10.1. The molecule has 1 saturated heterocycles. The Hall–Kier alpha value is -1.61. The van der Waals surface area contributed by atoms with Crippen LogP contribution in [0, 0.1) is 0 Å². The highest BCUT2D eigenvalue weighted by atomic mass is 16.6. The van der Waals surface area contributed by atoms with Crippen LogP contribution in [0.4, 0.5) is 0 Å². The first-order chi connectivity index (χ1) is 8.42. The molecule has 86 valence electrons. The highest BCUT2D eigenvalue weighted by molar-refractivity contribution is 5.28. The SMILES string of the molecule is c1ccc(C2OC2c2cc(C3CC3)n[nH]2)cc1. The van der Waals surface area contributed by atoms with Gasteiger partial charge in [0.1, 0.15) is 12.2 Å². The Labute approximate surface area is 99.8 Å². The van der Waals surface area contributed by atoms with Crippen molar-refractivity contribution < 1.29 is 4.74 Å². The van der Waals surface area contributed by atoms with E-state index in [1.165, 1.54) is 24.1 Å². The fourth-order valence-corrected chi connectivity index (χ4v) is 2.33. The van der Waals surface area contributed by atoms with Crippen LogP contribution in [-0.4, -0.2) is 10.2 Å². The Bertz CT molecular complexity index is 530. The van der Waals surface area contributed by atoms with Crippen molar-refractivity contribution in [3.8, 4) is 0 Å². The molecule has 1 N–H and O–H groups in total. The molecule has 1 saturated carbocycles. The minimum atomic E-state index is 0.178. The van der Waals surface area contributed by atoms with Gasteiger partial charge in [0.25, 0.3) is 0 Å². The maximum absolute atomic E-state index is 5.73. The fourth-order valence-electron chi connectivity index (χ4n) is 2.33. The van der Waals surface area contributed by atoms with E-state index in [0.29, 0.717) is 5.92 Å². The molecule has 2 aliphatic rings. The van der Waals surface area contributed by atoms with Crippen molar-refractivity contribution >= 4 is 0 Å². The van der Waals surface area contributed by atoms with Gasteiger partial charge in [-0.1, -0.05) is 30.3 Å². The number of rotatable bonds is 3. The second-order valence-electron chi connectivity index (χ2n) is 4.91. The molecule has 0 radical (unpaired) electrons. The third-order valence-corrected chi connectivity index (χ3v) is 3.54. The number of aromatic nitrogens is 2. The largest absolute Gasteiger partial charge is 0.358 e. The summed E-state index contributed by atoms with van der Waals surface area (Å²) >= 11 is 0. The lowest BCUT2D eigenvalue weighted by molar-refractivity contribution is 0.375. The van der Waals surface area contributed by atoms with E-state index in [-0.39, 0.29) is 12.2 Å². The molecule has 0 amide bonds. The minimum absolute atomic E-state index is 0.178. The molecule has 2 atom stereocenters. The summed E-state index contributed by atoms with van der Waals surface area (Å²) in [5.41, 5.74) is 3.59. The topological polar surface area (TPSA) is 41.2 Å². The molecule has 0 spiro atoms. The average Bonchev–Trinajstić information content (AvgIpc) is 3.30. The number of hydrogen-bond acceptors (Lipinski definition) is 2. The van der Waals surface area contributed by atoms with Crippen molar-refractivity contribution in [1.29, 1.82) is 0 Å². The summed E-state index contributed by atoms with van der Waals surface area (Å²) < 4.78 is 5.73. The highest BCUT2D eigenvalue weighted by Crippen LogP contribution is 2.51. The van der Waals surface area contributed by atoms with Gasteiger partial charge in [0, 0.05) is 5.92 Å². The van der Waals surface area contributed by atoms with Crippen LogP contribution < -0.4 is 0 Å². The number of H-pyrrole nitrogens is 1. The van der Waals surface area contributed by atoms with Crippen LogP contribution in [0.25, 0.3) is 0 Å². The predicted octanol–water partition coefficient (Wildman–Crippen LogP) is 3.10. The van der Waals surface area contributed by atoms with Crippen LogP contribution in [0.1, 0.15) is 47.9 Å². The summed E-state index contributed by atoms with van der Waals surface area (Å²) in [6.07, 6.45) is 2.97. The number of aromatic amines is 1. The van der Waals surface area contributed by atoms with Crippen molar-refractivity contribution in [1.82, 2.24) is 10.2 Å². The molecule has 1 aromatic heterocycles. The third kappa shape index (κ3) is 1.67. The molecule has 3 heteroatoms. The number of hydrogen-bond donors (Lipinski definition) is 1. The lowest BCUT2D eigenvalue weighted by Gasteiger charge is -1.93. The molecule has 3 nitrogen and oxygen atoms in total. The molecular weight excluding hydrogens is 212 g/mol. The zero-order valence-corrected chi connectivity index (χ0v) is 9.47.